The lowest BCUT2D eigenvalue weighted by molar-refractivity contribution is -0.0271. The first-order valence-corrected chi connectivity index (χ1v) is 6.55. The molecule has 1 fully saturated rings. The molecule has 1 aliphatic heterocycles. The van der Waals surface area contributed by atoms with E-state index in [0.717, 1.165) is 31.8 Å². The van der Waals surface area contributed by atoms with E-state index in [1.54, 1.807) is 7.11 Å². The van der Waals surface area contributed by atoms with Crippen LogP contribution < -0.4 is 4.74 Å². The van der Waals surface area contributed by atoms with Gasteiger partial charge in [-0.05, 0) is 12.5 Å². The molecule has 1 unspecified atom stereocenters. The number of para-hydroxylation sites is 1. The summed E-state index contributed by atoms with van der Waals surface area (Å²) < 4.78 is 5.38. The maximum atomic E-state index is 9.97. The third-order valence-electron chi connectivity index (χ3n) is 3.84. The fourth-order valence-corrected chi connectivity index (χ4v) is 2.67. The number of piperidine rings is 1. The van der Waals surface area contributed by atoms with E-state index in [1.165, 1.54) is 5.56 Å². The van der Waals surface area contributed by atoms with Crippen LogP contribution in [0.5, 0.6) is 5.75 Å². The number of hydrogen-bond donors (Lipinski definition) is 1. The van der Waals surface area contributed by atoms with Crippen LogP contribution in [0.2, 0.25) is 0 Å². The first-order valence-electron chi connectivity index (χ1n) is 6.55. The number of methoxy groups -OCH3 is 1. The molecule has 1 aliphatic rings. The normalized spacial score (nSPS) is 23.9. The summed E-state index contributed by atoms with van der Waals surface area (Å²) >= 11 is 0. The van der Waals surface area contributed by atoms with Gasteiger partial charge in [-0.2, -0.15) is 0 Å². The summed E-state index contributed by atoms with van der Waals surface area (Å²) in [6.07, 6.45) is 0.661. The molecule has 1 saturated heterocycles. The van der Waals surface area contributed by atoms with Crippen molar-refractivity contribution in [2.75, 3.05) is 20.2 Å². The monoisotopic (exact) mass is 249 g/mol. The van der Waals surface area contributed by atoms with Crippen LogP contribution in [0.25, 0.3) is 0 Å². The highest BCUT2D eigenvalue weighted by molar-refractivity contribution is 5.33. The average Bonchev–Trinajstić information content (AvgIpc) is 2.34. The van der Waals surface area contributed by atoms with E-state index < -0.39 is 0 Å². The number of nitrogens with zero attached hydrogens (tertiary/aromatic N) is 1. The molecular formula is C15H23NO2. The Morgan fingerprint density at radius 3 is 2.78 bits per heavy atom. The molecule has 0 amide bonds. The number of aliphatic hydroxyl groups is 1. The number of ether oxygens (including phenoxy) is 1. The van der Waals surface area contributed by atoms with Crippen LogP contribution in [-0.4, -0.2) is 36.3 Å². The van der Waals surface area contributed by atoms with Gasteiger partial charge in [0.2, 0.25) is 0 Å². The standard InChI is InChI=1S/C15H23NO2/c1-15(2)11-16(9-8-14(15)17)10-12-6-4-5-7-13(12)18-3/h4-7,14,17H,8-11H2,1-3H3. The summed E-state index contributed by atoms with van der Waals surface area (Å²) in [4.78, 5) is 2.39. The highest BCUT2D eigenvalue weighted by atomic mass is 16.5. The van der Waals surface area contributed by atoms with Crippen molar-refractivity contribution >= 4 is 0 Å². The van der Waals surface area contributed by atoms with Crippen molar-refractivity contribution < 1.29 is 9.84 Å². The zero-order chi connectivity index (χ0) is 13.2. The summed E-state index contributed by atoms with van der Waals surface area (Å²) in [6.45, 7) is 7.02. The molecule has 1 N–H and O–H groups in total. The zero-order valence-electron chi connectivity index (χ0n) is 11.5. The lowest BCUT2D eigenvalue weighted by Crippen LogP contribution is -2.48. The Kier molecular flexibility index (Phi) is 3.93. The fourth-order valence-electron chi connectivity index (χ4n) is 2.67. The lowest BCUT2D eigenvalue weighted by atomic mass is 9.81. The van der Waals surface area contributed by atoms with Gasteiger partial charge < -0.3 is 9.84 Å². The second-order valence-electron chi connectivity index (χ2n) is 5.82. The number of hydrogen-bond acceptors (Lipinski definition) is 3. The predicted molar refractivity (Wildman–Crippen MR) is 72.7 cm³/mol. The van der Waals surface area contributed by atoms with Crippen molar-refractivity contribution in [3.63, 3.8) is 0 Å². The Hall–Kier alpha value is -1.06. The van der Waals surface area contributed by atoms with Gasteiger partial charge in [0.05, 0.1) is 13.2 Å². The smallest absolute Gasteiger partial charge is 0.123 e. The molecule has 18 heavy (non-hydrogen) atoms. The van der Waals surface area contributed by atoms with Crippen LogP contribution in [0, 0.1) is 5.41 Å². The summed E-state index contributed by atoms with van der Waals surface area (Å²) in [5.74, 6) is 0.946. The van der Waals surface area contributed by atoms with Crippen LogP contribution in [-0.2, 0) is 6.54 Å². The predicted octanol–water partition coefficient (Wildman–Crippen LogP) is 2.29. The summed E-state index contributed by atoms with van der Waals surface area (Å²) in [5.41, 5.74) is 1.19. The molecule has 0 bridgehead atoms. The molecule has 1 aromatic rings. The summed E-state index contributed by atoms with van der Waals surface area (Å²) in [6, 6.07) is 8.14. The molecule has 3 heteroatoms. The second-order valence-corrected chi connectivity index (χ2v) is 5.82. The van der Waals surface area contributed by atoms with Crippen LogP contribution in [0.4, 0.5) is 0 Å². The van der Waals surface area contributed by atoms with Gasteiger partial charge in [0.25, 0.3) is 0 Å². The largest absolute Gasteiger partial charge is 0.496 e. The van der Waals surface area contributed by atoms with Crippen LogP contribution >= 0.6 is 0 Å². The average molecular weight is 249 g/mol. The molecule has 0 aromatic heterocycles. The molecule has 1 atom stereocenters. The SMILES string of the molecule is COc1ccccc1CN1CCC(O)C(C)(C)C1. The Bertz CT molecular complexity index is 403. The Labute approximate surface area is 109 Å². The van der Waals surface area contributed by atoms with Gasteiger partial charge in [0, 0.05) is 30.6 Å². The van der Waals surface area contributed by atoms with Gasteiger partial charge >= 0.3 is 0 Å². The van der Waals surface area contributed by atoms with Gasteiger partial charge in [-0.1, -0.05) is 32.0 Å². The Morgan fingerprint density at radius 1 is 1.39 bits per heavy atom. The molecule has 0 saturated carbocycles. The lowest BCUT2D eigenvalue weighted by Gasteiger charge is -2.41. The van der Waals surface area contributed by atoms with Gasteiger partial charge in [-0.3, -0.25) is 4.90 Å². The van der Waals surface area contributed by atoms with Crippen molar-refractivity contribution in [1.82, 2.24) is 4.90 Å². The number of aliphatic hydroxyl groups excluding tert-OH is 1. The van der Waals surface area contributed by atoms with Crippen LogP contribution in [0.15, 0.2) is 24.3 Å². The fraction of sp³-hybridized carbons (Fsp3) is 0.600. The van der Waals surface area contributed by atoms with Crippen LogP contribution in [0.3, 0.4) is 0 Å². The van der Waals surface area contributed by atoms with E-state index in [2.05, 4.69) is 24.8 Å². The zero-order valence-corrected chi connectivity index (χ0v) is 11.5. The maximum Gasteiger partial charge on any atom is 0.123 e. The summed E-state index contributed by atoms with van der Waals surface area (Å²) in [5, 5.41) is 9.97. The van der Waals surface area contributed by atoms with E-state index in [4.69, 9.17) is 4.74 Å². The van der Waals surface area contributed by atoms with Gasteiger partial charge in [-0.25, -0.2) is 0 Å². The van der Waals surface area contributed by atoms with Crippen LogP contribution in [0.1, 0.15) is 25.8 Å². The van der Waals surface area contributed by atoms with Crippen molar-refractivity contribution in [2.45, 2.75) is 32.9 Å². The minimum Gasteiger partial charge on any atom is -0.496 e. The van der Waals surface area contributed by atoms with E-state index >= 15 is 0 Å². The van der Waals surface area contributed by atoms with Crippen molar-refractivity contribution in [3.8, 4) is 5.75 Å². The molecule has 1 heterocycles. The topological polar surface area (TPSA) is 32.7 Å². The third-order valence-corrected chi connectivity index (χ3v) is 3.84. The number of likely N-dealkylation sites (tertiary alicyclic amines) is 1. The van der Waals surface area contributed by atoms with Crippen molar-refractivity contribution in [3.05, 3.63) is 29.8 Å². The van der Waals surface area contributed by atoms with E-state index in [1.807, 2.05) is 18.2 Å². The maximum absolute atomic E-state index is 9.97. The summed E-state index contributed by atoms with van der Waals surface area (Å²) in [7, 11) is 1.71. The highest BCUT2D eigenvalue weighted by Crippen LogP contribution is 2.30. The molecule has 100 valence electrons. The minimum absolute atomic E-state index is 0.0275. The first kappa shape index (κ1) is 13.4. The van der Waals surface area contributed by atoms with Crippen molar-refractivity contribution in [2.24, 2.45) is 5.41 Å². The Morgan fingerprint density at radius 2 is 2.11 bits per heavy atom. The van der Waals surface area contributed by atoms with Gasteiger partial charge in [-0.15, -0.1) is 0 Å². The van der Waals surface area contributed by atoms with E-state index in [9.17, 15) is 5.11 Å². The number of rotatable bonds is 3. The van der Waals surface area contributed by atoms with E-state index in [-0.39, 0.29) is 11.5 Å². The Balaban J connectivity index is 2.06. The van der Waals surface area contributed by atoms with Crippen molar-refractivity contribution in [1.29, 1.82) is 0 Å². The second kappa shape index (κ2) is 5.29. The highest BCUT2D eigenvalue weighted by Gasteiger charge is 2.34. The van der Waals surface area contributed by atoms with Gasteiger partial charge in [0.15, 0.2) is 0 Å². The first-order chi connectivity index (χ1) is 8.53. The molecule has 2 rings (SSSR count). The quantitative estimate of drug-likeness (QED) is 0.892. The molecule has 0 spiro atoms. The molecular weight excluding hydrogens is 226 g/mol. The minimum atomic E-state index is -0.189. The molecule has 3 nitrogen and oxygen atoms in total. The number of benzene rings is 1. The third kappa shape index (κ3) is 2.85. The molecule has 0 radical (unpaired) electrons. The van der Waals surface area contributed by atoms with Gasteiger partial charge in [0.1, 0.15) is 5.75 Å². The van der Waals surface area contributed by atoms with E-state index in [0.29, 0.717) is 0 Å². The molecule has 1 aromatic carbocycles. The molecule has 0 aliphatic carbocycles.